The highest BCUT2D eigenvalue weighted by molar-refractivity contribution is 9.11. The van der Waals surface area contributed by atoms with E-state index in [0.717, 1.165) is 0 Å². The molecule has 104 valence electrons. The first kappa shape index (κ1) is 17.5. The molecule has 0 aromatic carbocycles. The van der Waals surface area contributed by atoms with E-state index in [-0.39, 0.29) is 12.8 Å². The second kappa shape index (κ2) is 7.80. The highest BCUT2D eigenvalue weighted by Gasteiger charge is 2.48. The Morgan fingerprint density at radius 3 is 2.00 bits per heavy atom. The van der Waals surface area contributed by atoms with Crippen LogP contribution in [-0.2, 0) is 19.1 Å². The van der Waals surface area contributed by atoms with Gasteiger partial charge in [-0.05, 0) is 17.0 Å². The number of carbonyl (C=O) groups excluding carboxylic acids is 2. The molecule has 0 atom stereocenters. The molecule has 0 unspecified atom stereocenters. The van der Waals surface area contributed by atoms with E-state index in [0.29, 0.717) is 10.1 Å². The molecule has 4 nitrogen and oxygen atoms in total. The molecule has 0 amide bonds. The SMILES string of the molecule is C=C(C)C#CCC(CC(=C)Br)(C(=O)OC)C(=O)OC. The first-order valence-electron chi connectivity index (χ1n) is 5.44. The summed E-state index contributed by atoms with van der Waals surface area (Å²) in [5, 5.41) is 0. The molecule has 0 N–H and O–H groups in total. The molecule has 0 aliphatic carbocycles. The quantitative estimate of drug-likeness (QED) is 0.442. The number of carbonyl (C=O) groups is 2. The third-order valence-electron chi connectivity index (χ3n) is 2.34. The van der Waals surface area contributed by atoms with Crippen LogP contribution < -0.4 is 0 Å². The first-order chi connectivity index (χ1) is 8.80. The van der Waals surface area contributed by atoms with Gasteiger partial charge in [-0.15, -0.1) is 0 Å². The van der Waals surface area contributed by atoms with Crippen LogP contribution >= 0.6 is 15.9 Å². The van der Waals surface area contributed by atoms with Crippen molar-refractivity contribution in [2.75, 3.05) is 14.2 Å². The Morgan fingerprint density at radius 1 is 1.21 bits per heavy atom. The van der Waals surface area contributed by atoms with E-state index in [1.807, 2.05) is 0 Å². The maximum absolute atomic E-state index is 12.0. The van der Waals surface area contributed by atoms with E-state index in [9.17, 15) is 9.59 Å². The molecule has 0 aromatic rings. The second-order valence-electron chi connectivity index (χ2n) is 4.02. The van der Waals surface area contributed by atoms with E-state index >= 15 is 0 Å². The van der Waals surface area contributed by atoms with Crippen LogP contribution in [0.5, 0.6) is 0 Å². The fraction of sp³-hybridized carbons (Fsp3) is 0.429. The molecule has 0 heterocycles. The van der Waals surface area contributed by atoms with Gasteiger partial charge < -0.3 is 9.47 Å². The molecule has 0 bridgehead atoms. The lowest BCUT2D eigenvalue weighted by molar-refractivity contribution is -0.168. The number of hydrogen-bond donors (Lipinski definition) is 0. The summed E-state index contributed by atoms with van der Waals surface area (Å²) in [6.45, 7) is 9.02. The van der Waals surface area contributed by atoms with Gasteiger partial charge in [-0.25, -0.2) is 0 Å². The number of allylic oxidation sites excluding steroid dienone is 2. The highest BCUT2D eigenvalue weighted by Crippen LogP contribution is 2.34. The molecule has 0 aliphatic heterocycles. The number of methoxy groups -OCH3 is 2. The highest BCUT2D eigenvalue weighted by atomic mass is 79.9. The van der Waals surface area contributed by atoms with Crippen molar-refractivity contribution in [3.05, 3.63) is 23.2 Å². The van der Waals surface area contributed by atoms with Gasteiger partial charge in [-0.1, -0.05) is 40.9 Å². The molecule has 0 aliphatic rings. The van der Waals surface area contributed by atoms with Gasteiger partial charge in [0, 0.05) is 12.8 Å². The van der Waals surface area contributed by atoms with Crippen molar-refractivity contribution < 1.29 is 19.1 Å². The number of ether oxygens (including phenoxy) is 2. The summed E-state index contributed by atoms with van der Waals surface area (Å²) in [7, 11) is 2.42. The summed E-state index contributed by atoms with van der Waals surface area (Å²) in [6, 6.07) is 0. The third kappa shape index (κ3) is 4.92. The minimum absolute atomic E-state index is 0.0240. The zero-order valence-electron chi connectivity index (χ0n) is 11.3. The first-order valence-corrected chi connectivity index (χ1v) is 6.24. The van der Waals surface area contributed by atoms with Crippen molar-refractivity contribution in [2.24, 2.45) is 5.41 Å². The smallest absolute Gasteiger partial charge is 0.324 e. The van der Waals surface area contributed by atoms with Gasteiger partial charge in [0.1, 0.15) is 0 Å². The Bertz CT molecular complexity index is 438. The van der Waals surface area contributed by atoms with Crippen LogP contribution in [0, 0.1) is 17.3 Å². The largest absolute Gasteiger partial charge is 0.468 e. The summed E-state index contributed by atoms with van der Waals surface area (Å²) in [5.74, 6) is 4.08. The fourth-order valence-electron chi connectivity index (χ4n) is 1.50. The van der Waals surface area contributed by atoms with Crippen LogP contribution in [-0.4, -0.2) is 26.2 Å². The van der Waals surface area contributed by atoms with Crippen LogP contribution in [0.1, 0.15) is 19.8 Å². The van der Waals surface area contributed by atoms with Crippen molar-refractivity contribution >= 4 is 27.9 Å². The second-order valence-corrected chi connectivity index (χ2v) is 5.14. The molecule has 0 rings (SSSR count). The summed E-state index contributed by atoms with van der Waals surface area (Å²) in [5.41, 5.74) is -0.867. The Hall–Kier alpha value is -1.54. The van der Waals surface area contributed by atoms with Crippen LogP contribution in [0.25, 0.3) is 0 Å². The maximum Gasteiger partial charge on any atom is 0.324 e. The molecule has 0 fully saturated rings. The number of esters is 2. The molecule has 19 heavy (non-hydrogen) atoms. The fourth-order valence-corrected chi connectivity index (χ4v) is 1.98. The molecular formula is C14H17BrO4. The molecule has 0 spiro atoms. The van der Waals surface area contributed by atoms with Gasteiger partial charge in [0.2, 0.25) is 0 Å². The van der Waals surface area contributed by atoms with Gasteiger partial charge >= 0.3 is 11.9 Å². The minimum atomic E-state index is -1.51. The van der Waals surface area contributed by atoms with Gasteiger partial charge in [0.15, 0.2) is 5.41 Å². The lowest BCUT2D eigenvalue weighted by Crippen LogP contribution is -2.41. The van der Waals surface area contributed by atoms with Gasteiger partial charge in [-0.2, -0.15) is 0 Å². The zero-order chi connectivity index (χ0) is 15.1. The maximum atomic E-state index is 12.0. The van der Waals surface area contributed by atoms with E-state index in [2.05, 4.69) is 40.9 Å². The molecule has 5 heteroatoms. The van der Waals surface area contributed by atoms with Crippen LogP contribution in [0.3, 0.4) is 0 Å². The van der Waals surface area contributed by atoms with Crippen LogP contribution in [0.2, 0.25) is 0 Å². The molecule has 0 saturated carbocycles. The zero-order valence-corrected chi connectivity index (χ0v) is 12.9. The average molecular weight is 329 g/mol. The van der Waals surface area contributed by atoms with E-state index in [1.165, 1.54) is 14.2 Å². The standard InChI is InChI=1S/C14H17BrO4/c1-10(2)7-6-8-14(9-11(3)15,12(16)18-4)13(17)19-5/h1,3,8-9H2,2,4-5H3. The Balaban J connectivity index is 5.56. The van der Waals surface area contributed by atoms with Crippen LogP contribution in [0.15, 0.2) is 23.2 Å². The van der Waals surface area contributed by atoms with Gasteiger partial charge in [-0.3, -0.25) is 9.59 Å². The third-order valence-corrected chi connectivity index (χ3v) is 2.62. The Morgan fingerprint density at radius 2 is 1.68 bits per heavy atom. The lowest BCUT2D eigenvalue weighted by Gasteiger charge is -2.25. The van der Waals surface area contributed by atoms with Crippen molar-refractivity contribution in [2.45, 2.75) is 19.8 Å². The summed E-state index contributed by atoms with van der Waals surface area (Å²) < 4.78 is 9.90. The predicted molar refractivity (Wildman–Crippen MR) is 76.4 cm³/mol. The Kier molecular flexibility index (Phi) is 7.17. The van der Waals surface area contributed by atoms with Crippen molar-refractivity contribution in [1.29, 1.82) is 0 Å². The normalized spacial score (nSPS) is 9.89. The van der Waals surface area contributed by atoms with Crippen molar-refractivity contribution in [3.63, 3.8) is 0 Å². The van der Waals surface area contributed by atoms with E-state index in [4.69, 9.17) is 9.47 Å². The Labute approximate surface area is 122 Å². The molecule has 0 radical (unpaired) electrons. The summed E-state index contributed by atoms with van der Waals surface area (Å²) in [6.07, 6.45) is 0.0288. The average Bonchev–Trinajstić information content (AvgIpc) is 2.34. The van der Waals surface area contributed by atoms with Gasteiger partial charge in [0.05, 0.1) is 14.2 Å². The number of hydrogen-bond acceptors (Lipinski definition) is 4. The van der Waals surface area contributed by atoms with E-state index < -0.39 is 17.4 Å². The van der Waals surface area contributed by atoms with Crippen LogP contribution in [0.4, 0.5) is 0 Å². The monoisotopic (exact) mass is 328 g/mol. The van der Waals surface area contributed by atoms with Crippen molar-refractivity contribution in [1.82, 2.24) is 0 Å². The predicted octanol–water partition coefficient (Wildman–Crippen LogP) is 2.59. The summed E-state index contributed by atoms with van der Waals surface area (Å²) in [4.78, 5) is 23.9. The van der Waals surface area contributed by atoms with Crippen molar-refractivity contribution in [3.8, 4) is 11.8 Å². The van der Waals surface area contributed by atoms with E-state index in [1.54, 1.807) is 6.92 Å². The minimum Gasteiger partial charge on any atom is -0.468 e. The number of rotatable bonds is 5. The summed E-state index contributed by atoms with van der Waals surface area (Å²) >= 11 is 3.15. The topological polar surface area (TPSA) is 52.6 Å². The number of halogens is 1. The van der Waals surface area contributed by atoms with Gasteiger partial charge in [0.25, 0.3) is 0 Å². The lowest BCUT2D eigenvalue weighted by atomic mass is 9.81. The molecule has 0 aromatic heterocycles. The molecule has 0 saturated heterocycles. The molecular weight excluding hydrogens is 312 g/mol.